The van der Waals surface area contributed by atoms with E-state index in [1.165, 1.54) is 6.92 Å². The van der Waals surface area contributed by atoms with Crippen LogP contribution in [0.4, 0.5) is 0 Å². The van der Waals surface area contributed by atoms with Gasteiger partial charge in [-0.05, 0) is 6.92 Å². The van der Waals surface area contributed by atoms with Crippen LogP contribution < -0.4 is 11.2 Å². The first-order valence-corrected chi connectivity index (χ1v) is 8.50. The van der Waals surface area contributed by atoms with Crippen LogP contribution in [0.5, 0.6) is 0 Å². The molecular weight excluding hydrogens is 388 g/mol. The van der Waals surface area contributed by atoms with E-state index < -0.39 is 59.3 Å². The Bertz CT molecular complexity index is 973. The van der Waals surface area contributed by atoms with Gasteiger partial charge in [0.05, 0.1) is 0 Å². The first-order chi connectivity index (χ1) is 13.5. The summed E-state index contributed by atoms with van der Waals surface area (Å²) in [6, 6.07) is 1.04. The van der Waals surface area contributed by atoms with Crippen molar-refractivity contribution in [1.82, 2.24) is 9.55 Å². The third-order valence-corrected chi connectivity index (χ3v) is 4.13. The zero-order valence-electron chi connectivity index (χ0n) is 16.2. The van der Waals surface area contributed by atoms with E-state index in [4.69, 9.17) is 25.4 Å². The van der Waals surface area contributed by atoms with Crippen molar-refractivity contribution in [3.63, 3.8) is 0 Å². The van der Waals surface area contributed by atoms with Crippen molar-refractivity contribution < 1.29 is 33.3 Å². The number of carbonyl (C=O) groups excluding carboxylic acids is 3. The number of nitrogens with one attached hydrogen (secondary N) is 1. The quantitative estimate of drug-likeness (QED) is 0.378. The van der Waals surface area contributed by atoms with E-state index in [9.17, 15) is 24.0 Å². The molecule has 0 amide bonds. The topological polar surface area (TPSA) is 143 Å². The average molecular weight is 408 g/mol. The zero-order valence-corrected chi connectivity index (χ0v) is 16.2. The molecule has 1 aromatic heterocycles. The highest BCUT2D eigenvalue weighted by Crippen LogP contribution is 2.43. The molecule has 1 saturated heterocycles. The average Bonchev–Trinajstić information content (AvgIpc) is 2.88. The van der Waals surface area contributed by atoms with Crippen molar-refractivity contribution in [2.75, 3.05) is 0 Å². The number of aromatic amines is 1. The van der Waals surface area contributed by atoms with Gasteiger partial charge in [-0.15, -0.1) is 6.42 Å². The lowest BCUT2D eigenvalue weighted by molar-refractivity contribution is -0.180. The lowest BCUT2D eigenvalue weighted by Gasteiger charge is -2.34. The number of hydrogen-bond acceptors (Lipinski definition) is 9. The van der Waals surface area contributed by atoms with Gasteiger partial charge in [0.25, 0.3) is 5.56 Å². The maximum absolute atomic E-state index is 12.3. The van der Waals surface area contributed by atoms with E-state index in [-0.39, 0.29) is 0 Å². The van der Waals surface area contributed by atoms with E-state index in [1.54, 1.807) is 0 Å². The number of hydrogen-bond donors (Lipinski definition) is 1. The Hall–Kier alpha value is -3.39. The molecule has 1 fully saturated rings. The van der Waals surface area contributed by atoms with Gasteiger partial charge >= 0.3 is 23.6 Å². The van der Waals surface area contributed by atoms with E-state index in [0.29, 0.717) is 0 Å². The minimum atomic E-state index is -2.02. The molecular formula is C18H20N2O9. The number of H-pyrrole nitrogens is 1. The number of esters is 3. The fraction of sp³-hybridized carbons (Fsp3) is 0.500. The summed E-state index contributed by atoms with van der Waals surface area (Å²) < 4.78 is 22.5. The molecule has 5 atom stereocenters. The Kier molecular flexibility index (Phi) is 6.28. The van der Waals surface area contributed by atoms with Crippen molar-refractivity contribution in [2.24, 2.45) is 0 Å². The molecule has 1 aliphatic rings. The molecule has 1 aliphatic heterocycles. The van der Waals surface area contributed by atoms with Crippen molar-refractivity contribution in [3.8, 4) is 12.3 Å². The van der Waals surface area contributed by atoms with Gasteiger partial charge in [0.15, 0.2) is 12.3 Å². The Morgan fingerprint density at radius 3 is 2.38 bits per heavy atom. The van der Waals surface area contributed by atoms with E-state index in [0.717, 1.165) is 37.6 Å². The first-order valence-electron chi connectivity index (χ1n) is 8.50. The highest BCUT2D eigenvalue weighted by atomic mass is 16.7. The maximum atomic E-state index is 12.3. The van der Waals surface area contributed by atoms with Gasteiger partial charge < -0.3 is 18.9 Å². The molecule has 0 spiro atoms. The Balaban J connectivity index is 2.68. The molecule has 0 radical (unpaired) electrons. The van der Waals surface area contributed by atoms with Crippen LogP contribution >= 0.6 is 0 Å². The lowest BCUT2D eigenvalue weighted by Crippen LogP contribution is -2.55. The second-order valence-electron chi connectivity index (χ2n) is 6.34. The van der Waals surface area contributed by atoms with Crippen LogP contribution in [-0.4, -0.2) is 51.4 Å². The number of carbonyl (C=O) groups is 3. The molecule has 29 heavy (non-hydrogen) atoms. The van der Waals surface area contributed by atoms with Crippen molar-refractivity contribution in [2.45, 2.75) is 57.8 Å². The summed E-state index contributed by atoms with van der Waals surface area (Å²) in [5.74, 6) is -0.00689. The smallest absolute Gasteiger partial charge is 0.330 e. The standard InChI is InChI=1S/C18H20N2O9/c1-6-18(29-12(5)23)14(9(2)26-10(3)21)28-16(15(18)27-11(4)22)20-8-7-13(24)19-17(20)25/h1,7-9,14-16H,2-5H3,(H,19,24,25)/t9-,14-,15+,16-,18-/m1/s1. The van der Waals surface area contributed by atoms with Crippen LogP contribution in [0.2, 0.25) is 0 Å². The maximum Gasteiger partial charge on any atom is 0.330 e. The molecule has 1 N–H and O–H groups in total. The number of aromatic nitrogens is 2. The van der Waals surface area contributed by atoms with Crippen LogP contribution in [0.3, 0.4) is 0 Å². The predicted molar refractivity (Wildman–Crippen MR) is 95.3 cm³/mol. The minimum absolute atomic E-state index is 0.663. The SMILES string of the molecule is C#C[C@@]1(OC(C)=O)[C@@H]([C@@H](C)OC(C)=O)O[C@@H](n2ccc(=O)[nH]c2=O)[C@@H]1OC(C)=O. The fourth-order valence-corrected chi connectivity index (χ4v) is 3.19. The molecule has 0 unspecified atom stereocenters. The summed E-state index contributed by atoms with van der Waals surface area (Å²) in [5.41, 5.74) is -3.57. The highest BCUT2D eigenvalue weighted by molar-refractivity contribution is 5.69. The molecule has 11 heteroatoms. The van der Waals surface area contributed by atoms with E-state index in [1.807, 2.05) is 4.98 Å². The Morgan fingerprint density at radius 1 is 1.24 bits per heavy atom. The largest absolute Gasteiger partial charge is 0.460 e. The van der Waals surface area contributed by atoms with Crippen molar-refractivity contribution in [1.29, 1.82) is 0 Å². The molecule has 2 heterocycles. The van der Waals surface area contributed by atoms with Gasteiger partial charge in [0.1, 0.15) is 6.10 Å². The van der Waals surface area contributed by atoms with Gasteiger partial charge in [-0.2, -0.15) is 0 Å². The fourth-order valence-electron chi connectivity index (χ4n) is 3.19. The van der Waals surface area contributed by atoms with Gasteiger partial charge in [0, 0.05) is 33.0 Å². The number of ether oxygens (including phenoxy) is 4. The second-order valence-corrected chi connectivity index (χ2v) is 6.34. The van der Waals surface area contributed by atoms with Crippen molar-refractivity contribution >= 4 is 17.9 Å². The lowest BCUT2D eigenvalue weighted by atomic mass is 9.89. The Morgan fingerprint density at radius 2 is 1.90 bits per heavy atom. The molecule has 1 aromatic rings. The number of rotatable bonds is 5. The van der Waals surface area contributed by atoms with E-state index >= 15 is 0 Å². The molecule has 0 bridgehead atoms. The van der Waals surface area contributed by atoms with Crippen LogP contribution in [0.1, 0.15) is 33.9 Å². The minimum Gasteiger partial charge on any atom is -0.460 e. The normalized spacial score (nSPS) is 26.8. The second kappa shape index (κ2) is 8.32. The van der Waals surface area contributed by atoms with E-state index in [2.05, 4.69) is 5.92 Å². The first kappa shape index (κ1) is 21.9. The summed E-state index contributed by atoms with van der Waals surface area (Å²) in [7, 11) is 0. The summed E-state index contributed by atoms with van der Waals surface area (Å²) in [4.78, 5) is 60.7. The summed E-state index contributed by atoms with van der Waals surface area (Å²) in [6.07, 6.45) is 1.55. The molecule has 0 aliphatic carbocycles. The molecule has 156 valence electrons. The number of terminal acetylenes is 1. The summed E-state index contributed by atoms with van der Waals surface area (Å²) in [5, 5.41) is 0. The highest BCUT2D eigenvalue weighted by Gasteiger charge is 2.64. The van der Waals surface area contributed by atoms with Crippen LogP contribution in [0.15, 0.2) is 21.9 Å². The molecule has 0 aromatic carbocycles. The summed E-state index contributed by atoms with van der Waals surface area (Å²) in [6.45, 7) is 4.76. The van der Waals surface area contributed by atoms with Crippen molar-refractivity contribution in [3.05, 3.63) is 33.1 Å². The van der Waals surface area contributed by atoms with Gasteiger partial charge in [-0.25, -0.2) is 4.79 Å². The van der Waals surface area contributed by atoms with Crippen LogP contribution in [-0.2, 0) is 33.3 Å². The van der Waals surface area contributed by atoms with Gasteiger partial charge in [0.2, 0.25) is 11.7 Å². The Labute approximate surface area is 164 Å². The van der Waals surface area contributed by atoms with Crippen LogP contribution in [0.25, 0.3) is 0 Å². The number of nitrogens with zero attached hydrogens (tertiary/aromatic N) is 1. The summed E-state index contributed by atoms with van der Waals surface area (Å²) >= 11 is 0. The third-order valence-electron chi connectivity index (χ3n) is 4.13. The predicted octanol–water partition coefficient (Wildman–Crippen LogP) is -0.748. The monoisotopic (exact) mass is 408 g/mol. The van der Waals surface area contributed by atoms with Gasteiger partial charge in [-0.3, -0.25) is 28.7 Å². The van der Waals surface area contributed by atoms with Gasteiger partial charge in [-0.1, -0.05) is 5.92 Å². The molecule has 11 nitrogen and oxygen atoms in total. The third kappa shape index (κ3) is 4.38. The molecule has 0 saturated carbocycles. The molecule has 2 rings (SSSR count). The zero-order chi connectivity index (χ0) is 21.9. The van der Waals surface area contributed by atoms with Crippen LogP contribution in [0, 0.1) is 12.3 Å².